The van der Waals surface area contributed by atoms with Gasteiger partial charge in [-0.15, -0.1) is 0 Å². The predicted molar refractivity (Wildman–Crippen MR) is 219 cm³/mol. The van der Waals surface area contributed by atoms with E-state index in [1.807, 2.05) is 43.3 Å². The topological polar surface area (TPSA) is 151 Å². The number of carbonyl (C=O) groups is 4. The summed E-state index contributed by atoms with van der Waals surface area (Å²) in [5, 5.41) is 14.3. The smallest absolute Gasteiger partial charge is 0.344 e. The van der Waals surface area contributed by atoms with Crippen molar-refractivity contribution >= 4 is 40.9 Å². The number of nitrogens with one attached hydrogen (secondary N) is 1. The molecule has 1 spiro atoms. The summed E-state index contributed by atoms with van der Waals surface area (Å²) in [5.41, 5.74) is -0.420. The number of fused-ring (bicyclic) bond motifs is 6. The van der Waals surface area contributed by atoms with Gasteiger partial charge in [0, 0.05) is 78.2 Å². The molecule has 9 atom stereocenters. The maximum Gasteiger partial charge on any atom is 0.344 e. The average molecular weight is 807 g/mol. The van der Waals surface area contributed by atoms with Crippen LogP contribution in [0.3, 0.4) is 0 Å². The number of carbonyl (C=O) groups excluding carboxylic acids is 4. The van der Waals surface area contributed by atoms with E-state index in [1.165, 1.54) is 31.6 Å². The Kier molecular flexibility index (Phi) is 9.41. The minimum absolute atomic E-state index is 0.0349. The number of methoxy groups -OCH3 is 3. The summed E-state index contributed by atoms with van der Waals surface area (Å²) in [6, 6.07) is 10.2. The summed E-state index contributed by atoms with van der Waals surface area (Å²) in [6.45, 7) is 8.97. The van der Waals surface area contributed by atoms with Gasteiger partial charge in [-0.25, -0.2) is 4.79 Å². The minimum atomic E-state index is -2.51. The fraction of sp³-hybridized carbons (Fsp3) is 0.522. The Bertz CT molecular complexity index is 2320. The number of esters is 3. The molecular weight excluding hydrogens is 753 g/mol. The second kappa shape index (κ2) is 14.1. The minimum Gasteiger partial charge on any atom is -0.496 e. The molecule has 3 aromatic rings. The van der Waals surface area contributed by atoms with E-state index in [9.17, 15) is 19.5 Å². The zero-order chi connectivity index (χ0) is 41.6. The van der Waals surface area contributed by atoms with Gasteiger partial charge in [0.2, 0.25) is 12.0 Å². The zero-order valence-electron chi connectivity index (χ0n) is 34.7. The summed E-state index contributed by atoms with van der Waals surface area (Å²) in [7, 11) is 4.16. The summed E-state index contributed by atoms with van der Waals surface area (Å²) in [5.74, 6) is -1.81. The third kappa shape index (κ3) is 5.13. The number of hydrogen-bond donors (Lipinski definition) is 2. The lowest BCUT2D eigenvalue weighted by Crippen LogP contribution is -2.81. The van der Waals surface area contributed by atoms with E-state index in [-0.39, 0.29) is 5.92 Å². The van der Waals surface area contributed by atoms with E-state index < -0.39 is 57.9 Å². The number of H-pyrrole nitrogens is 1. The summed E-state index contributed by atoms with van der Waals surface area (Å²) >= 11 is 0. The number of hydrogen-bond acceptors (Lipinski definition) is 11. The van der Waals surface area contributed by atoms with E-state index in [0.717, 1.165) is 48.2 Å². The Morgan fingerprint density at radius 2 is 1.80 bits per heavy atom. The highest BCUT2D eigenvalue weighted by Gasteiger charge is 2.81. The molecule has 1 amide bonds. The van der Waals surface area contributed by atoms with Gasteiger partial charge in [-0.05, 0) is 67.8 Å². The highest BCUT2D eigenvalue weighted by Crippen LogP contribution is 2.68. The second-order valence-corrected chi connectivity index (χ2v) is 17.4. The largest absolute Gasteiger partial charge is 0.496 e. The van der Waals surface area contributed by atoms with Crippen molar-refractivity contribution in [3.63, 3.8) is 0 Å². The van der Waals surface area contributed by atoms with Crippen molar-refractivity contribution in [2.24, 2.45) is 11.3 Å². The molecule has 5 aliphatic heterocycles. The Hall–Kier alpha value is -4.98. The van der Waals surface area contributed by atoms with Gasteiger partial charge in [0.1, 0.15) is 11.2 Å². The molecular formula is C46H54N4O9. The number of para-hydroxylation sites is 1. The van der Waals surface area contributed by atoms with Crippen LogP contribution in [0.15, 0.2) is 60.2 Å². The maximum absolute atomic E-state index is 15.3. The van der Waals surface area contributed by atoms with E-state index in [4.69, 9.17) is 18.9 Å². The molecule has 6 heterocycles. The maximum atomic E-state index is 15.3. The molecule has 1 saturated carbocycles. The van der Waals surface area contributed by atoms with Crippen LogP contribution in [0.5, 0.6) is 5.75 Å². The van der Waals surface area contributed by atoms with Crippen LogP contribution in [0.25, 0.3) is 10.9 Å². The molecule has 13 heteroatoms. The van der Waals surface area contributed by atoms with Crippen molar-refractivity contribution < 1.29 is 43.2 Å². The monoisotopic (exact) mass is 806 g/mol. The highest BCUT2D eigenvalue weighted by atomic mass is 16.6. The molecule has 1 saturated heterocycles. The Morgan fingerprint density at radius 3 is 2.49 bits per heavy atom. The van der Waals surface area contributed by atoms with Crippen LogP contribution in [0, 0.1) is 11.3 Å². The molecule has 2 bridgehead atoms. The molecule has 9 rings (SSSR count). The van der Waals surface area contributed by atoms with Gasteiger partial charge in [0.05, 0.1) is 33.1 Å². The standard InChI is InChI=1S/C46H54N4O9/c1-7-28-20-29-23-45(41(53)57-5,37-31(14-18-48(24-28)25-29)30-12-9-10-13-34(30)47-37)33-21-32-35(22-36(33)56-4)50(26-51)39-44(32)16-19-49-17-11-15-43(8-2,38(44)49)40(59-27(3)52)46(39,55)42(54)58-6/h9-13,15,20-22,26,29,38-40,47,55H,7-8,14,16-19,23-25H2,1-6H3/t29-,38+,39+,40+,43+,44+,45-,46-/m0/s1. The molecule has 2 fully saturated rings. The molecule has 1 aliphatic carbocycles. The number of amides is 1. The lowest BCUT2D eigenvalue weighted by atomic mass is 9.47. The molecule has 2 aromatic carbocycles. The molecule has 0 radical (unpaired) electrons. The third-order valence-electron chi connectivity index (χ3n) is 15.0. The highest BCUT2D eigenvalue weighted by molar-refractivity contribution is 5.96. The first-order valence-corrected chi connectivity index (χ1v) is 20.9. The molecule has 312 valence electrons. The summed E-state index contributed by atoms with van der Waals surface area (Å²) in [6.07, 6.45) is 8.34. The lowest BCUT2D eigenvalue weighted by Gasteiger charge is -2.63. The SMILES string of the molecule is CCC1=C[C@@H]2CN(CCc3c([nH]c4ccccc34)[C@@](C(=O)OC)(c3cc4c(cc3OC)N(C=O)[C@H]3[C@@](O)(C(=O)OC)[C@H](OC(C)=O)[C@]5(CC)C=CCN6CC[C@]43[C@H]65)C2)C1. The number of rotatable bonds is 8. The van der Waals surface area contributed by atoms with Crippen LogP contribution in [0.1, 0.15) is 68.8 Å². The van der Waals surface area contributed by atoms with Crippen LogP contribution in [0.2, 0.25) is 0 Å². The number of aromatic amines is 1. The fourth-order valence-corrected chi connectivity index (χ4v) is 12.9. The van der Waals surface area contributed by atoms with Crippen molar-refractivity contribution in [2.75, 3.05) is 59.0 Å². The fourth-order valence-electron chi connectivity index (χ4n) is 12.9. The third-order valence-corrected chi connectivity index (χ3v) is 15.0. The average Bonchev–Trinajstić information content (AvgIpc) is 3.92. The number of nitrogens with zero attached hydrogens (tertiary/aromatic N) is 3. The van der Waals surface area contributed by atoms with Crippen LogP contribution in [-0.4, -0.2) is 122 Å². The van der Waals surface area contributed by atoms with E-state index in [0.29, 0.717) is 67.7 Å². The van der Waals surface area contributed by atoms with Crippen molar-refractivity contribution in [1.29, 1.82) is 0 Å². The molecule has 1 unspecified atom stereocenters. The van der Waals surface area contributed by atoms with Crippen molar-refractivity contribution in [3.8, 4) is 5.75 Å². The molecule has 1 aromatic heterocycles. The van der Waals surface area contributed by atoms with Crippen molar-refractivity contribution in [3.05, 3.63) is 82.6 Å². The van der Waals surface area contributed by atoms with Crippen molar-refractivity contribution in [2.45, 2.75) is 87.5 Å². The molecule has 2 N–H and O–H groups in total. The first-order valence-electron chi connectivity index (χ1n) is 20.9. The quantitative estimate of drug-likeness (QED) is 0.145. The van der Waals surface area contributed by atoms with Gasteiger partial charge in [0.15, 0.2) is 6.10 Å². The zero-order valence-corrected chi connectivity index (χ0v) is 34.7. The number of anilines is 1. The van der Waals surface area contributed by atoms with E-state index in [2.05, 4.69) is 33.8 Å². The van der Waals surface area contributed by atoms with Gasteiger partial charge in [-0.3, -0.25) is 24.2 Å². The van der Waals surface area contributed by atoms with Gasteiger partial charge < -0.3 is 33.9 Å². The molecule has 6 aliphatic rings. The summed E-state index contributed by atoms with van der Waals surface area (Å²) < 4.78 is 23.7. The molecule has 13 nitrogen and oxygen atoms in total. The first kappa shape index (κ1) is 39.5. The number of benzene rings is 2. The molecule has 59 heavy (non-hydrogen) atoms. The van der Waals surface area contributed by atoms with Gasteiger partial charge >= 0.3 is 17.9 Å². The van der Waals surface area contributed by atoms with Crippen LogP contribution in [-0.2, 0) is 50.6 Å². The van der Waals surface area contributed by atoms with Gasteiger partial charge in [-0.1, -0.05) is 55.8 Å². The predicted octanol–water partition coefficient (Wildman–Crippen LogP) is 4.32. The number of aromatic nitrogens is 1. The Labute approximate surface area is 344 Å². The normalized spacial score (nSPS) is 34.3. The Morgan fingerprint density at radius 1 is 1.02 bits per heavy atom. The lowest BCUT2D eigenvalue weighted by molar-refractivity contribution is -0.228. The Balaban J connectivity index is 1.39. The van der Waals surface area contributed by atoms with Gasteiger partial charge in [-0.2, -0.15) is 0 Å². The van der Waals surface area contributed by atoms with Crippen LogP contribution < -0.4 is 9.64 Å². The second-order valence-electron chi connectivity index (χ2n) is 17.4. The number of ether oxygens (including phenoxy) is 4. The van der Waals surface area contributed by atoms with E-state index >= 15 is 4.79 Å². The van der Waals surface area contributed by atoms with Crippen LogP contribution >= 0.6 is 0 Å². The number of aliphatic hydroxyl groups is 1. The van der Waals surface area contributed by atoms with Gasteiger partial charge in [0.25, 0.3) is 0 Å². The first-order chi connectivity index (χ1) is 28.4. The van der Waals surface area contributed by atoms with Crippen LogP contribution in [0.4, 0.5) is 5.69 Å². The van der Waals surface area contributed by atoms with E-state index in [1.54, 1.807) is 13.2 Å². The summed E-state index contributed by atoms with van der Waals surface area (Å²) in [4.78, 5) is 66.3. The van der Waals surface area contributed by atoms with Crippen molar-refractivity contribution in [1.82, 2.24) is 14.8 Å².